The predicted molar refractivity (Wildman–Crippen MR) is 114 cm³/mol. The minimum absolute atomic E-state index is 0.0120. The van der Waals surface area contributed by atoms with Gasteiger partial charge in [0.2, 0.25) is 11.8 Å². The lowest BCUT2D eigenvalue weighted by atomic mass is 9.93. The highest BCUT2D eigenvalue weighted by Crippen LogP contribution is 2.33. The topological polar surface area (TPSA) is 37.4 Å². The molecule has 0 radical (unpaired) electrons. The second-order valence-corrected chi connectivity index (χ2v) is 8.86. The molecule has 2 atom stereocenters. The van der Waals surface area contributed by atoms with Gasteiger partial charge in [-0.25, -0.2) is 0 Å². The van der Waals surface area contributed by atoms with E-state index in [2.05, 4.69) is 36.4 Å². The molecule has 2 amide bonds. The molecular weight excluding hydrogens is 346 g/mol. The maximum Gasteiger partial charge on any atom is 0.234 e. The molecule has 3 nitrogen and oxygen atoms in total. The Bertz CT molecular complexity index is 818. The number of carbonyl (C=O) groups is 2. The zero-order valence-electron chi connectivity index (χ0n) is 17.4. The van der Waals surface area contributed by atoms with Gasteiger partial charge in [0.25, 0.3) is 0 Å². The van der Waals surface area contributed by atoms with Crippen LogP contribution in [0.4, 0.5) is 0 Å². The Kier molecular flexibility index (Phi) is 6.02. The van der Waals surface area contributed by atoms with Gasteiger partial charge in [-0.1, -0.05) is 82.3 Å². The third-order valence-electron chi connectivity index (χ3n) is 5.69. The molecule has 1 aliphatic heterocycles. The maximum atomic E-state index is 12.9. The lowest BCUT2D eigenvalue weighted by Crippen LogP contribution is -2.45. The highest BCUT2D eigenvalue weighted by Gasteiger charge is 2.44. The van der Waals surface area contributed by atoms with E-state index in [0.29, 0.717) is 0 Å². The number of carbonyl (C=O) groups excluding carboxylic acids is 2. The monoisotopic (exact) mass is 377 g/mol. The van der Waals surface area contributed by atoms with Gasteiger partial charge in [-0.2, -0.15) is 0 Å². The van der Waals surface area contributed by atoms with E-state index >= 15 is 0 Å². The molecule has 148 valence electrons. The summed E-state index contributed by atoms with van der Waals surface area (Å²) in [5.74, 6) is -0.0403. The fourth-order valence-electron chi connectivity index (χ4n) is 3.95. The van der Waals surface area contributed by atoms with Gasteiger partial charge >= 0.3 is 0 Å². The second kappa shape index (κ2) is 8.30. The smallest absolute Gasteiger partial charge is 0.234 e. The number of aryl methyl sites for hydroxylation is 1. The number of nitrogens with zero attached hydrogens (tertiary/aromatic N) is 1. The summed E-state index contributed by atoms with van der Waals surface area (Å²) in [6, 6.07) is 19.0. The van der Waals surface area contributed by atoms with Crippen LogP contribution >= 0.6 is 0 Å². The molecule has 0 bridgehead atoms. The van der Waals surface area contributed by atoms with Crippen LogP contribution < -0.4 is 0 Å². The van der Waals surface area contributed by atoms with E-state index < -0.39 is 5.41 Å². The number of benzene rings is 2. The van der Waals surface area contributed by atoms with Crippen molar-refractivity contribution in [1.29, 1.82) is 0 Å². The molecule has 3 rings (SSSR count). The van der Waals surface area contributed by atoms with Crippen LogP contribution in [0.2, 0.25) is 0 Å². The van der Waals surface area contributed by atoms with Gasteiger partial charge in [-0.15, -0.1) is 0 Å². The van der Waals surface area contributed by atoms with Gasteiger partial charge in [-0.05, 0) is 42.4 Å². The van der Waals surface area contributed by atoms with Crippen molar-refractivity contribution < 1.29 is 9.59 Å². The van der Waals surface area contributed by atoms with E-state index in [1.165, 1.54) is 16.7 Å². The Morgan fingerprint density at radius 2 is 1.61 bits per heavy atom. The summed E-state index contributed by atoms with van der Waals surface area (Å²) in [5, 5.41) is 0. The first-order chi connectivity index (χ1) is 13.3. The van der Waals surface area contributed by atoms with Crippen molar-refractivity contribution in [1.82, 2.24) is 4.90 Å². The standard InChI is InChI=1S/C25H31NO2/c1-5-19-17-22(26(23(19)27)24(28)25(2,3)4)16-13-18-11-14-21(15-12-18)20-9-7-6-8-10-20/h6-12,14-15,19,22H,5,13,16-17H2,1-4H3/t19?,22-/m1/s1. The number of imide groups is 1. The first-order valence-corrected chi connectivity index (χ1v) is 10.3. The van der Waals surface area contributed by atoms with Gasteiger partial charge < -0.3 is 0 Å². The molecule has 1 saturated heterocycles. The van der Waals surface area contributed by atoms with Gasteiger partial charge in [0.1, 0.15) is 0 Å². The number of likely N-dealkylation sites (tertiary alicyclic amines) is 1. The Hall–Kier alpha value is -2.42. The summed E-state index contributed by atoms with van der Waals surface area (Å²) >= 11 is 0. The summed E-state index contributed by atoms with van der Waals surface area (Å²) in [6.45, 7) is 7.71. The van der Waals surface area contributed by atoms with Crippen molar-refractivity contribution in [3.8, 4) is 11.1 Å². The van der Waals surface area contributed by atoms with Crippen molar-refractivity contribution in [2.75, 3.05) is 0 Å². The van der Waals surface area contributed by atoms with Gasteiger partial charge in [0.15, 0.2) is 0 Å². The third kappa shape index (κ3) is 4.35. The van der Waals surface area contributed by atoms with Crippen LogP contribution in [-0.4, -0.2) is 22.8 Å². The van der Waals surface area contributed by atoms with Crippen LogP contribution in [0, 0.1) is 11.3 Å². The van der Waals surface area contributed by atoms with E-state index in [1.54, 1.807) is 4.90 Å². The molecule has 0 aliphatic carbocycles. The number of amides is 2. The fourth-order valence-corrected chi connectivity index (χ4v) is 3.95. The summed E-state index contributed by atoms with van der Waals surface area (Å²) in [5.41, 5.74) is 3.13. The minimum atomic E-state index is -0.534. The Morgan fingerprint density at radius 1 is 1.00 bits per heavy atom. The molecule has 1 fully saturated rings. The SMILES string of the molecule is CCC1C[C@@H](CCc2ccc(-c3ccccc3)cc2)N(C(=O)C(C)(C)C)C1=O. The molecular formula is C25H31NO2. The highest BCUT2D eigenvalue weighted by molar-refractivity contribution is 6.00. The molecule has 1 heterocycles. The van der Waals surface area contributed by atoms with Crippen molar-refractivity contribution in [3.05, 3.63) is 60.2 Å². The van der Waals surface area contributed by atoms with Crippen LogP contribution in [0.25, 0.3) is 11.1 Å². The average molecular weight is 378 g/mol. The summed E-state index contributed by atoms with van der Waals surface area (Å²) in [7, 11) is 0. The first kappa shape index (κ1) is 20.3. The van der Waals surface area contributed by atoms with Crippen molar-refractivity contribution in [2.24, 2.45) is 11.3 Å². The van der Waals surface area contributed by atoms with E-state index in [4.69, 9.17) is 0 Å². The van der Waals surface area contributed by atoms with Crippen LogP contribution in [0.3, 0.4) is 0 Å². The minimum Gasteiger partial charge on any atom is -0.279 e. The van der Waals surface area contributed by atoms with E-state index in [9.17, 15) is 9.59 Å². The van der Waals surface area contributed by atoms with Crippen molar-refractivity contribution >= 4 is 11.8 Å². The van der Waals surface area contributed by atoms with Crippen LogP contribution in [0.15, 0.2) is 54.6 Å². The zero-order chi connectivity index (χ0) is 20.3. The lowest BCUT2D eigenvalue weighted by Gasteiger charge is -2.29. The Labute approximate surface area is 168 Å². The molecule has 28 heavy (non-hydrogen) atoms. The molecule has 2 aromatic rings. The largest absolute Gasteiger partial charge is 0.279 e. The molecule has 2 aromatic carbocycles. The summed E-state index contributed by atoms with van der Waals surface area (Å²) in [6.07, 6.45) is 3.29. The maximum absolute atomic E-state index is 12.9. The van der Waals surface area contributed by atoms with Crippen LogP contribution in [-0.2, 0) is 16.0 Å². The molecule has 0 aromatic heterocycles. The lowest BCUT2D eigenvalue weighted by molar-refractivity contribution is -0.150. The van der Waals surface area contributed by atoms with E-state index in [-0.39, 0.29) is 23.8 Å². The number of rotatable bonds is 5. The zero-order valence-corrected chi connectivity index (χ0v) is 17.4. The second-order valence-electron chi connectivity index (χ2n) is 8.86. The van der Waals surface area contributed by atoms with Crippen molar-refractivity contribution in [2.45, 2.75) is 59.4 Å². The quantitative estimate of drug-likeness (QED) is 0.691. The van der Waals surface area contributed by atoms with Crippen LogP contribution in [0.5, 0.6) is 0 Å². The normalized spacial score (nSPS) is 19.9. The molecule has 1 unspecified atom stereocenters. The van der Waals surface area contributed by atoms with Crippen molar-refractivity contribution in [3.63, 3.8) is 0 Å². The highest BCUT2D eigenvalue weighted by atomic mass is 16.2. The molecule has 0 spiro atoms. The van der Waals surface area contributed by atoms with Gasteiger partial charge in [-0.3, -0.25) is 14.5 Å². The third-order valence-corrected chi connectivity index (χ3v) is 5.69. The van der Waals surface area contributed by atoms with Crippen LogP contribution in [0.1, 0.15) is 52.5 Å². The Morgan fingerprint density at radius 3 is 2.18 bits per heavy atom. The molecule has 0 N–H and O–H groups in total. The predicted octanol–water partition coefficient (Wildman–Crippen LogP) is 5.49. The molecule has 3 heteroatoms. The summed E-state index contributed by atoms with van der Waals surface area (Å²) in [4.78, 5) is 27.2. The van der Waals surface area contributed by atoms with E-state index in [0.717, 1.165) is 25.7 Å². The fraction of sp³-hybridized carbons (Fsp3) is 0.440. The first-order valence-electron chi connectivity index (χ1n) is 10.3. The molecule has 1 aliphatic rings. The number of hydrogen-bond acceptors (Lipinski definition) is 2. The van der Waals surface area contributed by atoms with Gasteiger partial charge in [0.05, 0.1) is 0 Å². The summed E-state index contributed by atoms with van der Waals surface area (Å²) < 4.78 is 0. The number of hydrogen-bond donors (Lipinski definition) is 0. The van der Waals surface area contributed by atoms with Gasteiger partial charge in [0, 0.05) is 17.4 Å². The Balaban J connectivity index is 1.70. The van der Waals surface area contributed by atoms with E-state index in [1.807, 2.05) is 45.9 Å². The average Bonchev–Trinajstić information content (AvgIpc) is 3.01. The molecule has 0 saturated carbocycles.